The SMILES string of the molecule is CCNC(=O)C(F)(F)Cc1c(-c2ccc(F)cc2)[nH]c2c(F)cc(F)cc12. The summed E-state index contributed by atoms with van der Waals surface area (Å²) < 4.78 is 69.8. The molecule has 8 heteroatoms. The van der Waals surface area contributed by atoms with Crippen LogP contribution >= 0.6 is 0 Å². The molecule has 1 heterocycles. The summed E-state index contributed by atoms with van der Waals surface area (Å²) in [5, 5.41) is 1.94. The average Bonchev–Trinajstić information content (AvgIpc) is 2.94. The lowest BCUT2D eigenvalue weighted by Gasteiger charge is -2.16. The Morgan fingerprint density at radius 1 is 1.07 bits per heavy atom. The third kappa shape index (κ3) is 3.65. The van der Waals surface area contributed by atoms with E-state index in [2.05, 4.69) is 4.98 Å². The van der Waals surface area contributed by atoms with Crippen molar-refractivity contribution >= 4 is 16.8 Å². The van der Waals surface area contributed by atoms with Gasteiger partial charge >= 0.3 is 5.92 Å². The van der Waals surface area contributed by atoms with Crippen molar-refractivity contribution in [3.8, 4) is 11.3 Å². The fourth-order valence-electron chi connectivity index (χ4n) is 2.91. The number of benzene rings is 2. The topological polar surface area (TPSA) is 44.9 Å². The molecule has 3 rings (SSSR count). The van der Waals surface area contributed by atoms with Crippen LogP contribution in [0.15, 0.2) is 36.4 Å². The van der Waals surface area contributed by atoms with Crippen molar-refractivity contribution in [2.24, 2.45) is 0 Å². The zero-order valence-corrected chi connectivity index (χ0v) is 14.2. The molecule has 0 radical (unpaired) electrons. The molecule has 0 atom stereocenters. The normalized spacial score (nSPS) is 11.8. The quantitative estimate of drug-likeness (QED) is 0.624. The molecule has 3 aromatic rings. The number of alkyl halides is 2. The van der Waals surface area contributed by atoms with Gasteiger partial charge in [0.1, 0.15) is 17.5 Å². The van der Waals surface area contributed by atoms with Crippen molar-refractivity contribution in [1.29, 1.82) is 0 Å². The Morgan fingerprint density at radius 2 is 1.74 bits per heavy atom. The standard InChI is InChI=1S/C19H15F5N2O/c1-2-25-18(27)19(23,24)9-14-13-7-12(21)8-15(22)17(13)26-16(14)10-3-5-11(20)6-4-10/h3-8,26H,2,9H2,1H3,(H,25,27). The first-order valence-electron chi connectivity index (χ1n) is 8.14. The van der Waals surface area contributed by atoms with Crippen molar-refractivity contribution in [3.05, 3.63) is 59.4 Å². The van der Waals surface area contributed by atoms with Crippen LogP contribution in [-0.2, 0) is 11.2 Å². The Balaban J connectivity index is 2.20. The highest BCUT2D eigenvalue weighted by molar-refractivity contribution is 5.93. The summed E-state index contributed by atoms with van der Waals surface area (Å²) >= 11 is 0. The second-order valence-electron chi connectivity index (χ2n) is 6.04. The fraction of sp³-hybridized carbons (Fsp3) is 0.211. The van der Waals surface area contributed by atoms with E-state index in [1.54, 1.807) is 0 Å². The molecular weight excluding hydrogens is 367 g/mol. The molecule has 0 spiro atoms. The first-order chi connectivity index (χ1) is 12.7. The molecule has 0 saturated carbocycles. The van der Waals surface area contributed by atoms with Gasteiger partial charge in [0.15, 0.2) is 0 Å². The molecule has 3 nitrogen and oxygen atoms in total. The molecule has 0 aliphatic rings. The summed E-state index contributed by atoms with van der Waals surface area (Å²) in [4.78, 5) is 14.3. The van der Waals surface area contributed by atoms with Gasteiger partial charge in [-0.2, -0.15) is 8.78 Å². The summed E-state index contributed by atoms with van der Waals surface area (Å²) in [6.07, 6.45) is -1.07. The van der Waals surface area contributed by atoms with Crippen LogP contribution in [0.25, 0.3) is 22.2 Å². The van der Waals surface area contributed by atoms with Crippen LogP contribution < -0.4 is 5.32 Å². The number of H-pyrrole nitrogens is 1. The van der Waals surface area contributed by atoms with Crippen LogP contribution in [0.2, 0.25) is 0 Å². The minimum Gasteiger partial charge on any atom is -0.352 e. The van der Waals surface area contributed by atoms with Crippen LogP contribution in [0, 0.1) is 17.5 Å². The third-order valence-corrected chi connectivity index (χ3v) is 4.13. The molecule has 0 aliphatic heterocycles. The lowest BCUT2D eigenvalue weighted by Crippen LogP contribution is -2.41. The molecule has 1 aromatic heterocycles. The van der Waals surface area contributed by atoms with Crippen LogP contribution in [0.5, 0.6) is 0 Å². The number of carbonyl (C=O) groups excluding carboxylic acids is 1. The van der Waals surface area contributed by atoms with Crippen molar-refractivity contribution in [2.75, 3.05) is 6.54 Å². The Bertz CT molecular complexity index is 995. The van der Waals surface area contributed by atoms with Gasteiger partial charge in [-0.05, 0) is 48.4 Å². The van der Waals surface area contributed by atoms with E-state index >= 15 is 0 Å². The zero-order chi connectivity index (χ0) is 19.8. The monoisotopic (exact) mass is 382 g/mol. The van der Waals surface area contributed by atoms with Gasteiger partial charge in [0.2, 0.25) is 0 Å². The first-order valence-corrected chi connectivity index (χ1v) is 8.14. The van der Waals surface area contributed by atoms with E-state index in [4.69, 9.17) is 0 Å². The second-order valence-corrected chi connectivity index (χ2v) is 6.04. The molecule has 142 valence electrons. The maximum Gasteiger partial charge on any atom is 0.328 e. The van der Waals surface area contributed by atoms with Crippen LogP contribution in [0.4, 0.5) is 22.0 Å². The number of hydrogen-bond donors (Lipinski definition) is 2. The van der Waals surface area contributed by atoms with Crippen LogP contribution in [0.3, 0.4) is 0 Å². The highest BCUT2D eigenvalue weighted by Gasteiger charge is 2.40. The Labute approximate surface area is 151 Å². The van der Waals surface area contributed by atoms with E-state index in [-0.39, 0.29) is 28.7 Å². The largest absolute Gasteiger partial charge is 0.352 e. The van der Waals surface area contributed by atoms with E-state index in [0.717, 1.165) is 18.2 Å². The number of halogens is 5. The zero-order valence-electron chi connectivity index (χ0n) is 14.2. The van der Waals surface area contributed by atoms with Gasteiger partial charge in [-0.25, -0.2) is 13.2 Å². The lowest BCUT2D eigenvalue weighted by molar-refractivity contribution is -0.145. The fourth-order valence-corrected chi connectivity index (χ4v) is 2.91. The Morgan fingerprint density at radius 3 is 2.37 bits per heavy atom. The van der Waals surface area contributed by atoms with Crippen molar-refractivity contribution in [1.82, 2.24) is 10.3 Å². The molecule has 0 saturated heterocycles. The number of aromatic amines is 1. The van der Waals surface area contributed by atoms with E-state index in [1.807, 2.05) is 5.32 Å². The number of nitrogens with one attached hydrogen (secondary N) is 2. The molecule has 1 amide bonds. The predicted molar refractivity (Wildman–Crippen MR) is 90.9 cm³/mol. The molecule has 2 N–H and O–H groups in total. The Kier molecular flexibility index (Phi) is 4.91. The molecule has 0 bridgehead atoms. The van der Waals surface area contributed by atoms with Gasteiger partial charge < -0.3 is 10.3 Å². The van der Waals surface area contributed by atoms with E-state index in [0.29, 0.717) is 11.6 Å². The number of aromatic nitrogens is 1. The first kappa shape index (κ1) is 18.9. The number of hydrogen-bond acceptors (Lipinski definition) is 1. The number of carbonyl (C=O) groups is 1. The van der Waals surface area contributed by atoms with Gasteiger partial charge in [-0.15, -0.1) is 0 Å². The third-order valence-electron chi connectivity index (χ3n) is 4.13. The summed E-state index contributed by atoms with van der Waals surface area (Å²) in [5.74, 6) is -7.72. The lowest BCUT2D eigenvalue weighted by atomic mass is 9.99. The number of fused-ring (bicyclic) bond motifs is 1. The molecule has 0 aliphatic carbocycles. The minimum absolute atomic E-state index is 0.0103. The van der Waals surface area contributed by atoms with Crippen molar-refractivity contribution in [3.63, 3.8) is 0 Å². The molecular formula is C19H15F5N2O. The maximum absolute atomic E-state index is 14.4. The maximum atomic E-state index is 14.4. The smallest absolute Gasteiger partial charge is 0.328 e. The number of rotatable bonds is 5. The highest BCUT2D eigenvalue weighted by atomic mass is 19.3. The van der Waals surface area contributed by atoms with Gasteiger partial charge in [-0.1, -0.05) is 0 Å². The predicted octanol–water partition coefficient (Wildman–Crippen LogP) is 4.57. The van der Waals surface area contributed by atoms with E-state index < -0.39 is 35.7 Å². The molecule has 0 unspecified atom stereocenters. The highest BCUT2D eigenvalue weighted by Crippen LogP contribution is 2.36. The van der Waals surface area contributed by atoms with Crippen molar-refractivity contribution in [2.45, 2.75) is 19.3 Å². The Hall–Kier alpha value is -2.90. The molecule has 2 aromatic carbocycles. The van der Waals surface area contributed by atoms with Crippen molar-refractivity contribution < 1.29 is 26.7 Å². The van der Waals surface area contributed by atoms with Crippen LogP contribution in [-0.4, -0.2) is 23.4 Å². The van der Waals surface area contributed by atoms with Crippen LogP contribution in [0.1, 0.15) is 12.5 Å². The van der Waals surface area contributed by atoms with Gasteiger partial charge in [0.25, 0.3) is 5.91 Å². The van der Waals surface area contributed by atoms with Gasteiger partial charge in [0, 0.05) is 24.4 Å². The van der Waals surface area contributed by atoms with E-state index in [9.17, 15) is 26.7 Å². The summed E-state index contributed by atoms with van der Waals surface area (Å²) in [6, 6.07) is 6.42. The van der Waals surface area contributed by atoms with E-state index in [1.165, 1.54) is 19.1 Å². The minimum atomic E-state index is -3.80. The summed E-state index contributed by atoms with van der Waals surface area (Å²) in [7, 11) is 0. The molecule has 0 fully saturated rings. The van der Waals surface area contributed by atoms with Gasteiger partial charge in [-0.3, -0.25) is 4.79 Å². The second kappa shape index (κ2) is 7.02. The summed E-state index contributed by atoms with van der Waals surface area (Å²) in [5.41, 5.74) is 0.0660. The average molecular weight is 382 g/mol. The van der Waals surface area contributed by atoms with Gasteiger partial charge in [0.05, 0.1) is 11.2 Å². The molecule has 27 heavy (non-hydrogen) atoms. The number of amides is 1. The summed E-state index contributed by atoms with van der Waals surface area (Å²) in [6.45, 7) is 1.50.